The Morgan fingerprint density at radius 2 is 1.82 bits per heavy atom. The summed E-state index contributed by atoms with van der Waals surface area (Å²) in [4.78, 5) is 11.6. The van der Waals surface area contributed by atoms with Gasteiger partial charge in [-0.15, -0.1) is 0 Å². The summed E-state index contributed by atoms with van der Waals surface area (Å²) >= 11 is 0. The summed E-state index contributed by atoms with van der Waals surface area (Å²) in [6.45, 7) is 0. The fraction of sp³-hybridized carbons (Fsp3) is 0.300. The van der Waals surface area contributed by atoms with Crippen molar-refractivity contribution in [3.8, 4) is 0 Å². The van der Waals surface area contributed by atoms with Gasteiger partial charge in [0.15, 0.2) is 0 Å². The molecule has 1 amide bonds. The molecule has 0 aromatic heterocycles. The molecular weight excluding hydrogens is 242 g/mol. The van der Waals surface area contributed by atoms with E-state index in [9.17, 15) is 13.2 Å². The van der Waals surface area contributed by atoms with Crippen molar-refractivity contribution in [3.63, 3.8) is 0 Å². The van der Waals surface area contributed by atoms with Crippen LogP contribution in [0.15, 0.2) is 24.3 Å². The summed E-state index contributed by atoms with van der Waals surface area (Å²) < 4.78 is 23.6. The quantitative estimate of drug-likeness (QED) is 0.716. The zero-order valence-corrected chi connectivity index (χ0v) is 9.83. The van der Waals surface area contributed by atoms with E-state index in [1.54, 1.807) is 12.1 Å². The van der Waals surface area contributed by atoms with Gasteiger partial charge in [-0.1, -0.05) is 0 Å². The molecule has 17 heavy (non-hydrogen) atoms. The Morgan fingerprint density at radius 1 is 1.24 bits per heavy atom. The van der Waals surface area contributed by atoms with Crippen LogP contribution < -0.4 is 15.2 Å². The topological polar surface area (TPSA) is 101 Å². The highest BCUT2D eigenvalue weighted by Crippen LogP contribution is 2.19. The summed E-state index contributed by atoms with van der Waals surface area (Å²) in [5, 5.41) is 7.66. The predicted molar refractivity (Wildman–Crippen MR) is 63.7 cm³/mol. The van der Waals surface area contributed by atoms with Crippen LogP contribution in [0, 0.1) is 0 Å². The van der Waals surface area contributed by atoms with E-state index in [0.29, 0.717) is 17.3 Å². The standard InChI is InChI=1S/C10H13N3O3S/c11-17(15,16)13-9-3-1-7(2-4-9)10(14)12-8-5-6-8/h1-4,8,13H,5-6H2,(H,12,14)(H2,11,15,16). The smallest absolute Gasteiger partial charge is 0.296 e. The Labute approximate surface area is 99.4 Å². The minimum absolute atomic E-state index is 0.144. The maximum absolute atomic E-state index is 11.6. The fourth-order valence-electron chi connectivity index (χ4n) is 1.35. The van der Waals surface area contributed by atoms with Crippen LogP contribution in [0.25, 0.3) is 0 Å². The number of carbonyl (C=O) groups excluding carboxylic acids is 1. The van der Waals surface area contributed by atoms with Crippen molar-refractivity contribution in [2.45, 2.75) is 18.9 Å². The molecule has 4 N–H and O–H groups in total. The molecule has 0 spiro atoms. The highest BCUT2D eigenvalue weighted by molar-refractivity contribution is 7.90. The summed E-state index contributed by atoms with van der Waals surface area (Å²) in [5.74, 6) is -0.144. The first-order chi connectivity index (χ1) is 7.94. The van der Waals surface area contributed by atoms with Crippen molar-refractivity contribution < 1.29 is 13.2 Å². The summed E-state index contributed by atoms with van der Waals surface area (Å²) in [5.41, 5.74) is 0.826. The first kappa shape index (κ1) is 11.9. The minimum atomic E-state index is -3.77. The molecule has 0 atom stereocenters. The number of rotatable bonds is 4. The van der Waals surface area contributed by atoms with Crippen LogP contribution in [0.3, 0.4) is 0 Å². The van der Waals surface area contributed by atoms with Crippen LogP contribution in [0.5, 0.6) is 0 Å². The number of hydrogen-bond acceptors (Lipinski definition) is 3. The molecule has 1 saturated carbocycles. The Kier molecular flexibility index (Phi) is 3.03. The molecule has 1 aliphatic carbocycles. The third-order valence-corrected chi connectivity index (χ3v) is 2.84. The maximum atomic E-state index is 11.6. The molecule has 92 valence electrons. The predicted octanol–water partition coefficient (Wildman–Crippen LogP) is 0.194. The number of nitrogens with one attached hydrogen (secondary N) is 2. The molecule has 0 saturated heterocycles. The zero-order valence-electron chi connectivity index (χ0n) is 9.01. The molecule has 0 unspecified atom stereocenters. The lowest BCUT2D eigenvalue weighted by Gasteiger charge is -2.05. The Balaban J connectivity index is 2.04. The summed E-state index contributed by atoms with van der Waals surface area (Å²) in [7, 11) is -3.77. The van der Waals surface area contributed by atoms with Crippen LogP contribution in [-0.4, -0.2) is 20.4 Å². The molecular formula is C10H13N3O3S. The number of hydrogen-bond donors (Lipinski definition) is 3. The fourth-order valence-corrected chi connectivity index (χ4v) is 1.81. The molecule has 0 aliphatic heterocycles. The molecule has 7 heteroatoms. The molecule has 1 aromatic rings. The van der Waals surface area contributed by atoms with Gasteiger partial charge < -0.3 is 5.32 Å². The third kappa shape index (κ3) is 3.72. The van der Waals surface area contributed by atoms with Gasteiger partial charge in [0.05, 0.1) is 0 Å². The number of amides is 1. The Morgan fingerprint density at radius 3 is 2.29 bits per heavy atom. The molecule has 1 fully saturated rings. The molecule has 0 radical (unpaired) electrons. The van der Waals surface area contributed by atoms with E-state index in [-0.39, 0.29) is 5.91 Å². The minimum Gasteiger partial charge on any atom is -0.349 e. The van der Waals surface area contributed by atoms with Crippen LogP contribution in [0.4, 0.5) is 5.69 Å². The van der Waals surface area contributed by atoms with Crippen molar-refractivity contribution in [3.05, 3.63) is 29.8 Å². The molecule has 2 rings (SSSR count). The van der Waals surface area contributed by atoms with Gasteiger partial charge in [0.25, 0.3) is 16.1 Å². The van der Waals surface area contributed by atoms with Crippen molar-refractivity contribution in [2.24, 2.45) is 5.14 Å². The van der Waals surface area contributed by atoms with Crippen LogP contribution in [-0.2, 0) is 10.2 Å². The van der Waals surface area contributed by atoms with Gasteiger partial charge in [0.2, 0.25) is 0 Å². The highest BCUT2D eigenvalue weighted by Gasteiger charge is 2.23. The second-order valence-electron chi connectivity index (χ2n) is 3.97. The Hall–Kier alpha value is -1.60. The summed E-state index contributed by atoms with van der Waals surface area (Å²) in [6.07, 6.45) is 2.05. The van der Waals surface area contributed by atoms with Gasteiger partial charge in [-0.2, -0.15) is 8.42 Å². The molecule has 0 heterocycles. The number of benzene rings is 1. The van der Waals surface area contributed by atoms with Crippen LogP contribution in [0.2, 0.25) is 0 Å². The lowest BCUT2D eigenvalue weighted by Crippen LogP contribution is -2.25. The van der Waals surface area contributed by atoms with Crippen molar-refractivity contribution in [1.29, 1.82) is 0 Å². The molecule has 1 aromatic carbocycles. The van der Waals surface area contributed by atoms with Crippen molar-refractivity contribution >= 4 is 21.8 Å². The zero-order chi connectivity index (χ0) is 12.5. The van der Waals surface area contributed by atoms with E-state index in [1.165, 1.54) is 12.1 Å². The lowest BCUT2D eigenvalue weighted by molar-refractivity contribution is 0.0951. The van der Waals surface area contributed by atoms with Gasteiger partial charge >= 0.3 is 0 Å². The van der Waals surface area contributed by atoms with E-state index in [1.807, 2.05) is 0 Å². The largest absolute Gasteiger partial charge is 0.349 e. The highest BCUT2D eigenvalue weighted by atomic mass is 32.2. The normalized spacial score (nSPS) is 15.4. The monoisotopic (exact) mass is 255 g/mol. The second kappa shape index (κ2) is 4.34. The average Bonchev–Trinajstić information content (AvgIpc) is 3.00. The van der Waals surface area contributed by atoms with Gasteiger partial charge in [-0.3, -0.25) is 9.52 Å². The molecule has 0 bridgehead atoms. The third-order valence-electron chi connectivity index (χ3n) is 2.32. The SMILES string of the molecule is NS(=O)(=O)Nc1ccc(C(=O)NC2CC2)cc1. The van der Waals surface area contributed by atoms with E-state index >= 15 is 0 Å². The average molecular weight is 255 g/mol. The maximum Gasteiger partial charge on any atom is 0.296 e. The van der Waals surface area contributed by atoms with Gasteiger partial charge in [-0.05, 0) is 37.1 Å². The van der Waals surface area contributed by atoms with Crippen LogP contribution in [0.1, 0.15) is 23.2 Å². The Bertz CT molecular complexity index is 520. The van der Waals surface area contributed by atoms with E-state index in [0.717, 1.165) is 12.8 Å². The first-order valence-electron chi connectivity index (χ1n) is 5.15. The number of carbonyl (C=O) groups is 1. The van der Waals surface area contributed by atoms with E-state index in [4.69, 9.17) is 5.14 Å². The lowest BCUT2D eigenvalue weighted by atomic mass is 10.2. The molecule has 1 aliphatic rings. The summed E-state index contributed by atoms with van der Waals surface area (Å²) in [6, 6.07) is 6.37. The second-order valence-corrected chi connectivity index (χ2v) is 5.27. The van der Waals surface area contributed by atoms with Gasteiger partial charge in [0, 0.05) is 17.3 Å². The number of nitrogens with two attached hydrogens (primary N) is 1. The van der Waals surface area contributed by atoms with Gasteiger partial charge in [-0.25, -0.2) is 5.14 Å². The van der Waals surface area contributed by atoms with Crippen molar-refractivity contribution in [1.82, 2.24) is 5.32 Å². The van der Waals surface area contributed by atoms with Gasteiger partial charge in [0.1, 0.15) is 0 Å². The van der Waals surface area contributed by atoms with E-state index in [2.05, 4.69) is 10.0 Å². The molecule has 6 nitrogen and oxygen atoms in total. The number of anilines is 1. The van der Waals surface area contributed by atoms with Crippen LogP contribution >= 0.6 is 0 Å². The van der Waals surface area contributed by atoms with E-state index < -0.39 is 10.2 Å². The first-order valence-corrected chi connectivity index (χ1v) is 6.70. The van der Waals surface area contributed by atoms with Crippen molar-refractivity contribution in [2.75, 3.05) is 4.72 Å².